The van der Waals surface area contributed by atoms with Crippen molar-refractivity contribution < 1.29 is 4.79 Å². The van der Waals surface area contributed by atoms with E-state index in [-0.39, 0.29) is 17.4 Å². The van der Waals surface area contributed by atoms with Crippen LogP contribution in [0, 0.1) is 12.8 Å². The van der Waals surface area contributed by atoms with Gasteiger partial charge in [0.25, 0.3) is 0 Å². The van der Waals surface area contributed by atoms with E-state index < -0.39 is 0 Å². The number of nitrogens with zero attached hydrogens (tertiary/aromatic N) is 1. The van der Waals surface area contributed by atoms with Gasteiger partial charge >= 0.3 is 0 Å². The predicted octanol–water partition coefficient (Wildman–Crippen LogP) is 1.41. The molecule has 94 valence electrons. The van der Waals surface area contributed by atoms with Crippen molar-refractivity contribution in [3.8, 4) is 0 Å². The summed E-state index contributed by atoms with van der Waals surface area (Å²) in [6.45, 7) is 7.71. The summed E-state index contributed by atoms with van der Waals surface area (Å²) in [5.74, 6) is 0.239. The maximum absolute atomic E-state index is 12.1. The van der Waals surface area contributed by atoms with Crippen molar-refractivity contribution in [2.75, 3.05) is 13.1 Å². The molecule has 0 aromatic carbocycles. The van der Waals surface area contributed by atoms with Gasteiger partial charge in [-0.15, -0.1) is 11.3 Å². The first kappa shape index (κ1) is 12.5. The lowest BCUT2D eigenvalue weighted by Crippen LogP contribution is -2.44. The normalized spacial score (nSPS) is 20.5. The van der Waals surface area contributed by atoms with E-state index in [1.165, 1.54) is 0 Å². The van der Waals surface area contributed by atoms with E-state index in [0.29, 0.717) is 0 Å². The summed E-state index contributed by atoms with van der Waals surface area (Å²) in [6.07, 6.45) is 0.929. The molecule has 1 aliphatic heterocycles. The molecule has 2 N–H and O–H groups in total. The molecule has 1 saturated heterocycles. The van der Waals surface area contributed by atoms with Crippen LogP contribution in [0.25, 0.3) is 0 Å². The van der Waals surface area contributed by atoms with Crippen LogP contribution in [-0.4, -0.2) is 24.0 Å². The highest BCUT2D eigenvalue weighted by Gasteiger charge is 2.30. The van der Waals surface area contributed by atoms with Crippen molar-refractivity contribution in [1.29, 1.82) is 0 Å². The van der Waals surface area contributed by atoms with Crippen LogP contribution in [0.2, 0.25) is 0 Å². The van der Waals surface area contributed by atoms with Gasteiger partial charge in [0.15, 0.2) is 0 Å². The topological polar surface area (TPSA) is 54.0 Å². The van der Waals surface area contributed by atoms with Gasteiger partial charge in [-0.3, -0.25) is 4.79 Å². The van der Waals surface area contributed by atoms with Crippen molar-refractivity contribution in [1.82, 2.24) is 15.6 Å². The molecule has 1 aromatic rings. The van der Waals surface area contributed by atoms with Crippen LogP contribution in [0.15, 0.2) is 5.38 Å². The monoisotopic (exact) mass is 253 g/mol. The third-order valence-corrected chi connectivity index (χ3v) is 4.30. The highest BCUT2D eigenvalue weighted by atomic mass is 32.1. The number of thiazole rings is 1. The molecule has 0 bridgehead atoms. The number of amides is 1. The molecule has 1 aromatic heterocycles. The second-order valence-electron chi connectivity index (χ2n) is 5.10. The third-order valence-electron chi connectivity index (χ3n) is 3.02. The fourth-order valence-corrected chi connectivity index (χ4v) is 2.86. The Kier molecular flexibility index (Phi) is 3.49. The zero-order valence-electron chi connectivity index (χ0n) is 10.5. The minimum absolute atomic E-state index is 0.107. The van der Waals surface area contributed by atoms with Gasteiger partial charge in [-0.05, 0) is 33.7 Å². The number of carbonyl (C=O) groups is 1. The van der Waals surface area contributed by atoms with Crippen LogP contribution in [0.4, 0.5) is 0 Å². The molecule has 4 nitrogen and oxygen atoms in total. The van der Waals surface area contributed by atoms with Gasteiger partial charge in [-0.25, -0.2) is 4.98 Å². The fourth-order valence-electron chi connectivity index (χ4n) is 1.98. The predicted molar refractivity (Wildman–Crippen MR) is 69.0 cm³/mol. The van der Waals surface area contributed by atoms with Crippen molar-refractivity contribution in [2.45, 2.75) is 32.7 Å². The maximum atomic E-state index is 12.1. The van der Waals surface area contributed by atoms with Crippen molar-refractivity contribution in [3.05, 3.63) is 16.1 Å². The van der Waals surface area contributed by atoms with E-state index in [1.54, 1.807) is 11.3 Å². The molecule has 1 atom stereocenters. The third kappa shape index (κ3) is 2.84. The molecule has 5 heteroatoms. The lowest BCUT2D eigenvalue weighted by atomic mass is 10.0. The van der Waals surface area contributed by atoms with Gasteiger partial charge in [0.05, 0.1) is 11.5 Å². The lowest BCUT2D eigenvalue weighted by molar-refractivity contribution is -0.126. The Bertz CT molecular complexity index is 408. The van der Waals surface area contributed by atoms with Gasteiger partial charge in [0.2, 0.25) is 5.91 Å². The van der Waals surface area contributed by atoms with E-state index in [1.807, 2.05) is 26.2 Å². The smallest absolute Gasteiger partial charge is 0.225 e. The maximum Gasteiger partial charge on any atom is 0.225 e. The lowest BCUT2D eigenvalue weighted by Gasteiger charge is -2.25. The van der Waals surface area contributed by atoms with Crippen molar-refractivity contribution in [2.24, 2.45) is 5.92 Å². The first-order valence-electron chi connectivity index (χ1n) is 5.94. The molecule has 2 rings (SSSR count). The summed E-state index contributed by atoms with van der Waals surface area (Å²) in [5.41, 5.74) is 0.633. The molecule has 17 heavy (non-hydrogen) atoms. The van der Waals surface area contributed by atoms with Crippen LogP contribution in [-0.2, 0) is 10.3 Å². The Balaban J connectivity index is 2.03. The first-order chi connectivity index (χ1) is 7.99. The number of rotatable bonds is 3. The van der Waals surface area contributed by atoms with Crippen LogP contribution in [0.3, 0.4) is 0 Å². The van der Waals surface area contributed by atoms with Gasteiger partial charge < -0.3 is 10.6 Å². The molecule has 1 unspecified atom stereocenters. The molecular formula is C12H19N3OS. The van der Waals surface area contributed by atoms with Crippen LogP contribution in [0.1, 0.15) is 31.0 Å². The molecule has 0 saturated carbocycles. The highest BCUT2D eigenvalue weighted by molar-refractivity contribution is 7.09. The fraction of sp³-hybridized carbons (Fsp3) is 0.667. The minimum atomic E-state index is -0.376. The Labute approximate surface area is 106 Å². The van der Waals surface area contributed by atoms with E-state index in [4.69, 9.17) is 0 Å². The zero-order chi connectivity index (χ0) is 12.5. The van der Waals surface area contributed by atoms with Crippen molar-refractivity contribution in [3.63, 3.8) is 0 Å². The minimum Gasteiger partial charge on any atom is -0.344 e. The Morgan fingerprint density at radius 2 is 2.41 bits per heavy atom. The molecule has 0 aliphatic carbocycles. The van der Waals surface area contributed by atoms with Crippen LogP contribution >= 0.6 is 11.3 Å². The van der Waals surface area contributed by atoms with Gasteiger partial charge in [0.1, 0.15) is 5.01 Å². The summed E-state index contributed by atoms with van der Waals surface area (Å²) in [4.78, 5) is 16.5. The van der Waals surface area contributed by atoms with Gasteiger partial charge in [-0.2, -0.15) is 0 Å². The molecule has 1 fully saturated rings. The summed E-state index contributed by atoms with van der Waals surface area (Å²) >= 11 is 1.60. The van der Waals surface area contributed by atoms with Crippen molar-refractivity contribution >= 4 is 17.2 Å². The highest BCUT2D eigenvalue weighted by Crippen LogP contribution is 2.24. The quantitative estimate of drug-likeness (QED) is 0.856. The van der Waals surface area contributed by atoms with E-state index in [2.05, 4.69) is 15.6 Å². The number of carbonyl (C=O) groups excluding carboxylic acids is 1. The van der Waals surface area contributed by atoms with Gasteiger partial charge in [-0.1, -0.05) is 0 Å². The molecule has 1 aliphatic rings. The SMILES string of the molecule is Cc1csc(C(C)(C)NC(=O)C2CCNC2)n1. The van der Waals surface area contributed by atoms with Crippen LogP contribution in [0.5, 0.6) is 0 Å². The number of aromatic nitrogens is 1. The second kappa shape index (κ2) is 4.74. The van der Waals surface area contributed by atoms with Gasteiger partial charge in [0, 0.05) is 17.6 Å². The summed E-state index contributed by atoms with van der Waals surface area (Å²) in [6, 6.07) is 0. The van der Waals surface area contributed by atoms with Crippen LogP contribution < -0.4 is 10.6 Å². The molecule has 0 spiro atoms. The zero-order valence-corrected chi connectivity index (χ0v) is 11.4. The largest absolute Gasteiger partial charge is 0.344 e. The summed E-state index contributed by atoms with van der Waals surface area (Å²) in [5, 5.41) is 9.29. The average molecular weight is 253 g/mol. The molecular weight excluding hydrogens is 234 g/mol. The number of hydrogen-bond acceptors (Lipinski definition) is 4. The number of hydrogen-bond donors (Lipinski definition) is 2. The second-order valence-corrected chi connectivity index (χ2v) is 5.96. The average Bonchev–Trinajstić information content (AvgIpc) is 2.86. The van der Waals surface area contributed by atoms with E-state index in [9.17, 15) is 4.79 Å². The molecule has 0 radical (unpaired) electrons. The summed E-state index contributed by atoms with van der Waals surface area (Å²) < 4.78 is 0. The van der Waals surface area contributed by atoms with E-state index >= 15 is 0 Å². The molecule has 2 heterocycles. The Hall–Kier alpha value is -0.940. The standard InChI is InChI=1S/C12H19N3OS/c1-8-7-17-11(14-8)12(2,3)15-10(16)9-4-5-13-6-9/h7,9,13H,4-6H2,1-3H3,(H,15,16). The van der Waals surface area contributed by atoms with E-state index in [0.717, 1.165) is 30.2 Å². The number of nitrogens with one attached hydrogen (secondary N) is 2. The Morgan fingerprint density at radius 1 is 1.65 bits per heavy atom. The Morgan fingerprint density at radius 3 is 2.94 bits per heavy atom. The first-order valence-corrected chi connectivity index (χ1v) is 6.82. The molecule has 1 amide bonds. The number of aryl methyl sites for hydroxylation is 1. The summed E-state index contributed by atoms with van der Waals surface area (Å²) in [7, 11) is 0.